The van der Waals surface area contributed by atoms with E-state index in [9.17, 15) is 27.9 Å². The Morgan fingerprint density at radius 2 is 1.76 bits per heavy atom. The van der Waals surface area contributed by atoms with Gasteiger partial charge in [-0.2, -0.15) is 13.2 Å². The van der Waals surface area contributed by atoms with Crippen molar-refractivity contribution < 1.29 is 32.6 Å². The smallest absolute Gasteiger partial charge is 0.430 e. The van der Waals surface area contributed by atoms with Gasteiger partial charge in [0, 0.05) is 38.8 Å². The molecule has 0 radical (unpaired) electrons. The van der Waals surface area contributed by atoms with Crippen LogP contribution in [0.4, 0.5) is 13.2 Å². The molecule has 1 aromatic carbocycles. The van der Waals surface area contributed by atoms with E-state index in [2.05, 4.69) is 4.98 Å². The Balaban J connectivity index is 1.44. The van der Waals surface area contributed by atoms with Crippen LogP contribution >= 0.6 is 11.6 Å². The number of nitrogens with zero attached hydrogens (tertiary/aromatic N) is 3. The van der Waals surface area contributed by atoms with Crippen LogP contribution in [0.25, 0.3) is 0 Å². The van der Waals surface area contributed by atoms with Gasteiger partial charge in [-0.1, -0.05) is 48.4 Å². The van der Waals surface area contributed by atoms with Gasteiger partial charge in [0.25, 0.3) is 17.4 Å². The minimum atomic E-state index is -5.14. The van der Waals surface area contributed by atoms with E-state index < -0.39 is 23.2 Å². The van der Waals surface area contributed by atoms with E-state index >= 15 is 0 Å². The number of likely N-dealkylation sites (tertiary alicyclic amines) is 1. The van der Waals surface area contributed by atoms with Crippen molar-refractivity contribution in [3.63, 3.8) is 0 Å². The van der Waals surface area contributed by atoms with E-state index in [0.29, 0.717) is 30.9 Å². The van der Waals surface area contributed by atoms with Crippen molar-refractivity contribution in [2.24, 2.45) is 5.92 Å². The fourth-order valence-corrected chi connectivity index (χ4v) is 4.58. The number of aliphatic hydroxyl groups is 1. The fraction of sp³-hybridized carbons (Fsp3) is 0.500. The topological polar surface area (TPSA) is 83.0 Å². The molecule has 202 valence electrons. The van der Waals surface area contributed by atoms with Crippen LogP contribution in [0.5, 0.6) is 5.88 Å². The van der Waals surface area contributed by atoms with E-state index in [1.54, 1.807) is 26.2 Å². The maximum Gasteiger partial charge on any atom is 0.430 e. The second-order valence-corrected chi connectivity index (χ2v) is 9.70. The van der Waals surface area contributed by atoms with Crippen LogP contribution < -0.4 is 4.74 Å². The van der Waals surface area contributed by atoms with Crippen molar-refractivity contribution in [2.45, 2.75) is 43.9 Å². The van der Waals surface area contributed by atoms with Gasteiger partial charge in [-0.05, 0) is 37.7 Å². The van der Waals surface area contributed by atoms with Crippen LogP contribution in [-0.4, -0.2) is 71.7 Å². The first kappa shape index (κ1) is 28.7. The van der Waals surface area contributed by atoms with E-state index in [4.69, 9.17) is 16.3 Å². The third-order valence-electron chi connectivity index (χ3n) is 6.53. The van der Waals surface area contributed by atoms with Crippen molar-refractivity contribution in [2.75, 3.05) is 33.8 Å². The first-order valence-electron chi connectivity index (χ1n) is 12.1. The minimum Gasteiger partial charge on any atom is -0.478 e. The molecule has 1 aliphatic heterocycles. The number of carbonyl (C=O) groups is 2. The molecule has 37 heavy (non-hydrogen) atoms. The highest BCUT2D eigenvalue weighted by molar-refractivity contribution is 6.32. The van der Waals surface area contributed by atoms with Crippen LogP contribution in [-0.2, 0) is 10.4 Å². The average molecular weight is 542 g/mol. The summed E-state index contributed by atoms with van der Waals surface area (Å²) in [6.45, 7) is 0.717. The molecule has 1 aromatic heterocycles. The molecular formula is C26H31ClF3N3O4. The molecule has 11 heteroatoms. The number of unbranched alkanes of at least 4 members (excludes halogenated alkanes) is 1. The summed E-state index contributed by atoms with van der Waals surface area (Å²) in [5.41, 5.74) is -3.75. The normalized spacial score (nSPS) is 16.2. The summed E-state index contributed by atoms with van der Waals surface area (Å²) >= 11 is 6.09. The molecular weight excluding hydrogens is 511 g/mol. The Morgan fingerprint density at radius 3 is 2.32 bits per heavy atom. The maximum atomic E-state index is 13.8. The van der Waals surface area contributed by atoms with Crippen molar-refractivity contribution in [1.29, 1.82) is 0 Å². The zero-order chi connectivity index (χ0) is 27.2. The van der Waals surface area contributed by atoms with Crippen LogP contribution in [0.2, 0.25) is 5.15 Å². The lowest BCUT2D eigenvalue weighted by Gasteiger charge is -2.38. The summed E-state index contributed by atoms with van der Waals surface area (Å²) in [5.74, 6) is -0.992. The Labute approximate surface area is 219 Å². The largest absolute Gasteiger partial charge is 0.478 e. The molecule has 3 rings (SSSR count). The number of ether oxygens (including phenoxy) is 1. The van der Waals surface area contributed by atoms with E-state index in [0.717, 1.165) is 36.3 Å². The highest BCUT2D eigenvalue weighted by Gasteiger charge is 2.62. The van der Waals surface area contributed by atoms with Crippen molar-refractivity contribution in [3.8, 4) is 5.88 Å². The first-order valence-corrected chi connectivity index (χ1v) is 12.5. The Bertz CT molecular complexity index is 1080. The minimum absolute atomic E-state index is 0.0715. The Kier molecular flexibility index (Phi) is 9.41. The number of pyridine rings is 1. The molecule has 1 atom stereocenters. The third kappa shape index (κ3) is 6.73. The number of rotatable bonds is 9. The molecule has 0 saturated carbocycles. The molecule has 1 fully saturated rings. The number of hydrogen-bond donors (Lipinski definition) is 1. The highest BCUT2D eigenvalue weighted by atomic mass is 35.5. The lowest BCUT2D eigenvalue weighted by atomic mass is 9.88. The molecule has 2 heterocycles. The SMILES string of the molecule is CN(C)C(=O)c1ccc(OCCCCC2CCN(C(=O)[C@](O)(c3ccccc3)C(F)(F)F)CC2)nc1Cl. The quantitative estimate of drug-likeness (QED) is 0.368. The van der Waals surface area contributed by atoms with Gasteiger partial charge in [0.2, 0.25) is 5.88 Å². The van der Waals surface area contributed by atoms with Gasteiger partial charge in [0.15, 0.2) is 0 Å². The standard InChI is InChI=1S/C26H31ClF3N3O4/c1-32(2)23(34)20-11-12-21(31-22(20)27)37-17-7-6-8-18-13-15-33(16-14-18)24(35)25(36,26(28,29)30)19-9-4-3-5-10-19/h3-5,9-12,18,36H,6-8,13-17H2,1-2H3/t25-/m1/s1. The molecule has 1 aliphatic rings. The molecule has 0 spiro atoms. The predicted octanol–water partition coefficient (Wildman–Crippen LogP) is 4.67. The number of halogens is 4. The van der Waals surface area contributed by atoms with Crippen LogP contribution in [0.1, 0.15) is 48.0 Å². The number of aromatic nitrogens is 1. The molecule has 0 unspecified atom stereocenters. The van der Waals surface area contributed by atoms with Gasteiger partial charge in [-0.15, -0.1) is 0 Å². The van der Waals surface area contributed by atoms with Crippen LogP contribution in [0, 0.1) is 5.92 Å². The molecule has 0 aliphatic carbocycles. The van der Waals surface area contributed by atoms with E-state index in [-0.39, 0.29) is 30.1 Å². The monoisotopic (exact) mass is 541 g/mol. The number of benzene rings is 1. The zero-order valence-electron chi connectivity index (χ0n) is 20.8. The third-order valence-corrected chi connectivity index (χ3v) is 6.82. The highest BCUT2D eigenvalue weighted by Crippen LogP contribution is 2.41. The van der Waals surface area contributed by atoms with Gasteiger partial charge in [0.1, 0.15) is 5.15 Å². The number of hydrogen-bond acceptors (Lipinski definition) is 5. The molecule has 1 saturated heterocycles. The molecule has 0 bridgehead atoms. The summed E-state index contributed by atoms with van der Waals surface area (Å²) in [6, 6.07) is 9.63. The molecule has 2 aromatic rings. The summed E-state index contributed by atoms with van der Waals surface area (Å²) in [7, 11) is 3.25. The van der Waals surface area contributed by atoms with Crippen molar-refractivity contribution in [3.05, 3.63) is 58.7 Å². The second kappa shape index (κ2) is 12.1. The van der Waals surface area contributed by atoms with E-state index in [1.807, 2.05) is 0 Å². The van der Waals surface area contributed by atoms with Crippen molar-refractivity contribution in [1.82, 2.24) is 14.8 Å². The van der Waals surface area contributed by atoms with Gasteiger partial charge in [-0.3, -0.25) is 9.59 Å². The lowest BCUT2D eigenvalue weighted by Crippen LogP contribution is -2.57. The van der Waals surface area contributed by atoms with Crippen LogP contribution in [0.3, 0.4) is 0 Å². The Morgan fingerprint density at radius 1 is 1.11 bits per heavy atom. The first-order chi connectivity index (χ1) is 17.4. The summed E-state index contributed by atoms with van der Waals surface area (Å²) in [4.78, 5) is 31.5. The second-order valence-electron chi connectivity index (χ2n) is 9.34. The maximum absolute atomic E-state index is 13.8. The number of alkyl halides is 3. The number of piperidine rings is 1. The Hall–Kier alpha value is -2.85. The van der Waals surface area contributed by atoms with Gasteiger partial charge in [0.05, 0.1) is 12.2 Å². The van der Waals surface area contributed by atoms with E-state index in [1.165, 1.54) is 23.1 Å². The summed E-state index contributed by atoms with van der Waals surface area (Å²) in [5, 5.41) is 10.6. The molecule has 7 nitrogen and oxygen atoms in total. The summed E-state index contributed by atoms with van der Waals surface area (Å²) < 4.78 is 47.0. The average Bonchev–Trinajstić information content (AvgIpc) is 2.87. The fourth-order valence-electron chi connectivity index (χ4n) is 4.35. The molecule has 2 amide bonds. The molecule has 1 N–H and O–H groups in total. The van der Waals surface area contributed by atoms with Gasteiger partial charge in [-0.25, -0.2) is 4.98 Å². The number of carbonyl (C=O) groups excluding carboxylic acids is 2. The van der Waals surface area contributed by atoms with Gasteiger partial charge < -0.3 is 19.6 Å². The van der Waals surface area contributed by atoms with Crippen LogP contribution in [0.15, 0.2) is 42.5 Å². The summed E-state index contributed by atoms with van der Waals surface area (Å²) in [6.07, 6.45) is -1.60. The number of amides is 2. The lowest BCUT2D eigenvalue weighted by molar-refractivity contribution is -0.262. The van der Waals surface area contributed by atoms with Crippen molar-refractivity contribution >= 4 is 23.4 Å². The predicted molar refractivity (Wildman–Crippen MR) is 132 cm³/mol. The van der Waals surface area contributed by atoms with Gasteiger partial charge >= 0.3 is 6.18 Å². The zero-order valence-corrected chi connectivity index (χ0v) is 21.6.